The number of amides is 2. The van der Waals surface area contributed by atoms with Crippen molar-refractivity contribution >= 4 is 17.6 Å². The number of benzene rings is 1. The van der Waals surface area contributed by atoms with Crippen LogP contribution in [0.4, 0.5) is 0 Å². The molecule has 4 rings (SSSR count). The maximum atomic E-state index is 12.7. The molecule has 0 atom stereocenters. The summed E-state index contributed by atoms with van der Waals surface area (Å²) in [5.74, 6) is 1.64. The lowest BCUT2D eigenvalue weighted by molar-refractivity contribution is -0.131. The summed E-state index contributed by atoms with van der Waals surface area (Å²) in [5, 5.41) is 7.45. The van der Waals surface area contributed by atoms with Crippen molar-refractivity contribution in [3.8, 4) is 5.75 Å². The Morgan fingerprint density at radius 2 is 1.88 bits per heavy atom. The molecule has 1 aliphatic heterocycles. The molecule has 0 spiro atoms. The van der Waals surface area contributed by atoms with Gasteiger partial charge >= 0.3 is 0 Å². The standard InChI is InChI=1S/C23H28N6O3/c1-15-12-16(2)29-23(24-15)26-20(27-29)14-21(30)25-18-8-10-28(11-9-18)22(31)13-17-6-4-5-7-19(17)32-3/h4-7,12,18H,8-11,13-14H2,1-3H3,(H,25,30). The number of aryl methyl sites for hydroxylation is 2. The number of aromatic nitrogens is 4. The Kier molecular flexibility index (Phi) is 6.34. The number of para-hydroxylation sites is 1. The molecule has 1 aliphatic rings. The summed E-state index contributed by atoms with van der Waals surface area (Å²) in [6.07, 6.45) is 1.87. The molecule has 0 unspecified atom stereocenters. The maximum absolute atomic E-state index is 12.7. The zero-order chi connectivity index (χ0) is 22.7. The Bertz CT molecular complexity index is 1130. The summed E-state index contributed by atoms with van der Waals surface area (Å²) in [7, 11) is 1.61. The first-order chi connectivity index (χ1) is 15.4. The number of carbonyl (C=O) groups is 2. The van der Waals surface area contributed by atoms with E-state index >= 15 is 0 Å². The largest absolute Gasteiger partial charge is 0.496 e. The van der Waals surface area contributed by atoms with Gasteiger partial charge in [-0.1, -0.05) is 18.2 Å². The third-order valence-electron chi connectivity index (χ3n) is 5.73. The second-order valence-corrected chi connectivity index (χ2v) is 8.17. The van der Waals surface area contributed by atoms with Crippen molar-refractivity contribution in [2.24, 2.45) is 0 Å². The highest BCUT2D eigenvalue weighted by Crippen LogP contribution is 2.20. The molecule has 1 saturated heterocycles. The van der Waals surface area contributed by atoms with Gasteiger partial charge in [-0.3, -0.25) is 9.59 Å². The van der Waals surface area contributed by atoms with Crippen LogP contribution in [0.25, 0.3) is 5.78 Å². The van der Waals surface area contributed by atoms with Gasteiger partial charge in [0.1, 0.15) is 5.75 Å². The molecule has 168 valence electrons. The van der Waals surface area contributed by atoms with Gasteiger partial charge in [0.25, 0.3) is 5.78 Å². The first-order valence-electron chi connectivity index (χ1n) is 10.8. The van der Waals surface area contributed by atoms with Crippen LogP contribution in [0.15, 0.2) is 30.3 Å². The third-order valence-corrected chi connectivity index (χ3v) is 5.73. The van der Waals surface area contributed by atoms with Crippen LogP contribution >= 0.6 is 0 Å². The summed E-state index contributed by atoms with van der Waals surface area (Å²) >= 11 is 0. The van der Waals surface area contributed by atoms with Gasteiger partial charge in [-0.2, -0.15) is 4.98 Å². The van der Waals surface area contributed by atoms with Crippen LogP contribution in [0, 0.1) is 13.8 Å². The van der Waals surface area contributed by atoms with E-state index in [2.05, 4.69) is 20.4 Å². The third kappa shape index (κ3) is 4.87. The zero-order valence-electron chi connectivity index (χ0n) is 18.7. The predicted molar refractivity (Wildman–Crippen MR) is 118 cm³/mol. The van der Waals surface area contributed by atoms with E-state index in [1.165, 1.54) is 0 Å². The topological polar surface area (TPSA) is 102 Å². The fourth-order valence-electron chi connectivity index (χ4n) is 4.10. The summed E-state index contributed by atoms with van der Waals surface area (Å²) in [6.45, 7) is 5.08. The van der Waals surface area contributed by atoms with Crippen molar-refractivity contribution in [2.45, 2.75) is 45.6 Å². The summed E-state index contributed by atoms with van der Waals surface area (Å²) in [4.78, 5) is 35.8. The predicted octanol–water partition coefficient (Wildman–Crippen LogP) is 1.64. The van der Waals surface area contributed by atoms with Gasteiger partial charge in [0, 0.05) is 36.1 Å². The van der Waals surface area contributed by atoms with Crippen molar-refractivity contribution in [3.63, 3.8) is 0 Å². The van der Waals surface area contributed by atoms with Crippen LogP contribution < -0.4 is 10.1 Å². The molecule has 3 aromatic rings. The van der Waals surface area contributed by atoms with Crippen LogP contribution in [-0.4, -0.2) is 62.5 Å². The first kappa shape index (κ1) is 21.7. The molecule has 3 heterocycles. The number of hydrogen-bond donors (Lipinski definition) is 1. The molecule has 0 aliphatic carbocycles. The van der Waals surface area contributed by atoms with Gasteiger partial charge in [0.2, 0.25) is 11.8 Å². The molecular formula is C23H28N6O3. The normalized spacial score (nSPS) is 14.5. The molecule has 9 heteroatoms. The lowest BCUT2D eigenvalue weighted by Gasteiger charge is -2.32. The van der Waals surface area contributed by atoms with Crippen LogP contribution in [0.5, 0.6) is 5.75 Å². The number of ether oxygens (including phenoxy) is 1. The molecule has 1 aromatic carbocycles. The van der Waals surface area contributed by atoms with Gasteiger partial charge < -0.3 is 15.0 Å². The Morgan fingerprint density at radius 3 is 2.62 bits per heavy atom. The Labute approximate surface area is 186 Å². The number of hydrogen-bond acceptors (Lipinski definition) is 6. The quantitative estimate of drug-likeness (QED) is 0.630. The Hall–Kier alpha value is -3.49. The molecule has 2 aromatic heterocycles. The van der Waals surface area contributed by atoms with E-state index < -0.39 is 0 Å². The Balaban J connectivity index is 1.28. The summed E-state index contributed by atoms with van der Waals surface area (Å²) in [5.41, 5.74) is 2.68. The van der Waals surface area contributed by atoms with Crippen molar-refractivity contribution < 1.29 is 14.3 Å². The molecule has 32 heavy (non-hydrogen) atoms. The highest BCUT2D eigenvalue weighted by Gasteiger charge is 2.25. The highest BCUT2D eigenvalue weighted by atomic mass is 16.5. The minimum atomic E-state index is -0.117. The number of likely N-dealkylation sites (tertiary alicyclic amines) is 1. The minimum absolute atomic E-state index is 0.0388. The van der Waals surface area contributed by atoms with E-state index in [1.807, 2.05) is 49.1 Å². The fourth-order valence-corrected chi connectivity index (χ4v) is 4.10. The number of nitrogens with one attached hydrogen (secondary N) is 1. The summed E-state index contributed by atoms with van der Waals surface area (Å²) < 4.78 is 7.00. The average molecular weight is 437 g/mol. The number of methoxy groups -OCH3 is 1. The number of fused-ring (bicyclic) bond motifs is 1. The molecule has 9 nitrogen and oxygen atoms in total. The number of nitrogens with zero attached hydrogens (tertiary/aromatic N) is 5. The van der Waals surface area contributed by atoms with Crippen molar-refractivity contribution in [1.29, 1.82) is 0 Å². The lowest BCUT2D eigenvalue weighted by atomic mass is 10.0. The number of carbonyl (C=O) groups excluding carboxylic acids is 2. The van der Waals surface area contributed by atoms with Gasteiger partial charge in [-0.25, -0.2) is 9.50 Å². The average Bonchev–Trinajstić information content (AvgIpc) is 3.17. The maximum Gasteiger partial charge on any atom is 0.252 e. The zero-order valence-corrected chi connectivity index (χ0v) is 18.7. The van der Waals surface area contributed by atoms with E-state index in [9.17, 15) is 9.59 Å². The van der Waals surface area contributed by atoms with E-state index in [4.69, 9.17) is 4.74 Å². The van der Waals surface area contributed by atoms with Crippen molar-refractivity contribution in [2.75, 3.05) is 20.2 Å². The highest BCUT2D eigenvalue weighted by molar-refractivity contribution is 5.80. The molecule has 1 fully saturated rings. The molecule has 0 radical (unpaired) electrons. The molecule has 0 saturated carbocycles. The first-order valence-corrected chi connectivity index (χ1v) is 10.8. The molecule has 0 bridgehead atoms. The van der Waals surface area contributed by atoms with Gasteiger partial charge in [0.15, 0.2) is 5.82 Å². The van der Waals surface area contributed by atoms with Crippen LogP contribution in [0.2, 0.25) is 0 Å². The lowest BCUT2D eigenvalue weighted by Crippen LogP contribution is -2.47. The minimum Gasteiger partial charge on any atom is -0.496 e. The fraction of sp³-hybridized carbons (Fsp3) is 0.435. The Morgan fingerprint density at radius 1 is 1.12 bits per heavy atom. The van der Waals surface area contributed by atoms with E-state index in [0.717, 1.165) is 35.5 Å². The van der Waals surface area contributed by atoms with Gasteiger partial charge in [0.05, 0.1) is 20.0 Å². The smallest absolute Gasteiger partial charge is 0.252 e. The van der Waals surface area contributed by atoms with Crippen molar-refractivity contribution in [3.05, 3.63) is 53.1 Å². The van der Waals surface area contributed by atoms with E-state index in [0.29, 0.717) is 31.1 Å². The molecular weight excluding hydrogens is 408 g/mol. The van der Waals surface area contributed by atoms with Crippen LogP contribution in [0.1, 0.15) is 35.6 Å². The van der Waals surface area contributed by atoms with Crippen molar-refractivity contribution in [1.82, 2.24) is 29.8 Å². The molecule has 1 N–H and O–H groups in total. The number of rotatable bonds is 6. The van der Waals surface area contributed by atoms with Gasteiger partial charge in [-0.05, 0) is 38.8 Å². The number of piperidine rings is 1. The summed E-state index contributed by atoms with van der Waals surface area (Å²) in [6, 6.07) is 9.53. The molecule has 2 amide bonds. The van der Waals surface area contributed by atoms with Crippen LogP contribution in [-0.2, 0) is 22.4 Å². The second-order valence-electron chi connectivity index (χ2n) is 8.17. The second kappa shape index (κ2) is 9.33. The van der Waals surface area contributed by atoms with Crippen LogP contribution in [0.3, 0.4) is 0 Å². The SMILES string of the molecule is COc1ccccc1CC(=O)N1CCC(NC(=O)Cc2nc3nc(C)cc(C)n3n2)CC1. The monoisotopic (exact) mass is 436 g/mol. The van der Waals surface area contributed by atoms with E-state index in [1.54, 1.807) is 11.6 Å². The van der Waals surface area contributed by atoms with E-state index in [-0.39, 0.29) is 24.3 Å². The van der Waals surface area contributed by atoms with Gasteiger partial charge in [-0.15, -0.1) is 5.10 Å².